The SMILES string of the molecule is CC(NCCCN(C)C)C(=O)Nc1cccc2c1C(=O)c1cccc(NC(=O)C(C)NCCCN(C)C)c1C2=O. The second-order valence-corrected chi connectivity index (χ2v) is 10.8. The summed E-state index contributed by atoms with van der Waals surface area (Å²) in [6, 6.07) is 8.71. The highest BCUT2D eigenvalue weighted by molar-refractivity contribution is 6.32. The van der Waals surface area contributed by atoms with E-state index < -0.39 is 12.1 Å². The predicted octanol–water partition coefficient (Wildman–Crippen LogP) is 2.20. The van der Waals surface area contributed by atoms with E-state index in [1.54, 1.807) is 50.2 Å². The molecule has 10 nitrogen and oxygen atoms in total. The second kappa shape index (κ2) is 14.3. The zero-order valence-electron chi connectivity index (χ0n) is 24.4. The standard InChI is InChI=1S/C30H42N6O4/c1-19(31-15-9-17-35(3)4)29(39)33-23-13-7-11-21-25(23)27(37)22-12-8-14-24(26(22)28(21)38)34-30(40)20(2)32-16-10-18-36(5)6/h7-8,11-14,19-20,31-32H,9-10,15-18H2,1-6H3,(H,33,39)(H,34,40). The van der Waals surface area contributed by atoms with E-state index in [1.165, 1.54) is 0 Å². The Bertz CT molecular complexity index is 1150. The lowest BCUT2D eigenvalue weighted by Crippen LogP contribution is -2.40. The molecule has 1 aliphatic rings. The summed E-state index contributed by atoms with van der Waals surface area (Å²) in [4.78, 5) is 57.2. The maximum Gasteiger partial charge on any atom is 0.241 e. The molecule has 2 atom stereocenters. The van der Waals surface area contributed by atoms with Gasteiger partial charge in [-0.2, -0.15) is 0 Å². The molecule has 216 valence electrons. The third kappa shape index (κ3) is 7.82. The smallest absolute Gasteiger partial charge is 0.241 e. The number of benzene rings is 2. The van der Waals surface area contributed by atoms with Gasteiger partial charge in [-0.1, -0.05) is 24.3 Å². The van der Waals surface area contributed by atoms with Gasteiger partial charge in [0.2, 0.25) is 11.8 Å². The lowest BCUT2D eigenvalue weighted by Gasteiger charge is -2.24. The van der Waals surface area contributed by atoms with Gasteiger partial charge in [-0.05, 0) is 93.2 Å². The number of carbonyl (C=O) groups excluding carboxylic acids is 4. The monoisotopic (exact) mass is 550 g/mol. The van der Waals surface area contributed by atoms with Crippen molar-refractivity contribution in [2.75, 3.05) is 65.0 Å². The number of nitrogens with zero attached hydrogens (tertiary/aromatic N) is 2. The molecule has 0 spiro atoms. The van der Waals surface area contributed by atoms with Crippen molar-refractivity contribution in [3.8, 4) is 0 Å². The number of fused-ring (bicyclic) bond motifs is 2. The molecule has 2 aromatic rings. The third-order valence-corrected chi connectivity index (χ3v) is 6.84. The Balaban J connectivity index is 1.75. The molecule has 2 unspecified atom stereocenters. The maximum absolute atomic E-state index is 13.6. The molecule has 0 aromatic heterocycles. The van der Waals surface area contributed by atoms with Gasteiger partial charge in [0.1, 0.15) is 0 Å². The highest BCUT2D eigenvalue weighted by Gasteiger charge is 2.34. The summed E-state index contributed by atoms with van der Waals surface area (Å²) >= 11 is 0. The molecule has 4 N–H and O–H groups in total. The van der Waals surface area contributed by atoms with Gasteiger partial charge in [0.15, 0.2) is 11.6 Å². The first kappa shape index (κ1) is 31.1. The van der Waals surface area contributed by atoms with Crippen molar-refractivity contribution in [2.24, 2.45) is 0 Å². The second-order valence-electron chi connectivity index (χ2n) is 10.8. The largest absolute Gasteiger partial charge is 0.324 e. The van der Waals surface area contributed by atoms with E-state index in [2.05, 4.69) is 31.1 Å². The van der Waals surface area contributed by atoms with Crippen molar-refractivity contribution in [2.45, 2.75) is 38.8 Å². The Labute approximate surface area is 236 Å². The average molecular weight is 551 g/mol. The van der Waals surface area contributed by atoms with E-state index in [1.807, 2.05) is 28.2 Å². The summed E-state index contributed by atoms with van der Waals surface area (Å²) in [6.07, 6.45) is 1.78. The molecule has 0 saturated carbocycles. The predicted molar refractivity (Wildman–Crippen MR) is 158 cm³/mol. The lowest BCUT2D eigenvalue weighted by molar-refractivity contribution is -0.118. The Kier molecular flexibility index (Phi) is 11.1. The van der Waals surface area contributed by atoms with Crippen molar-refractivity contribution in [3.05, 3.63) is 58.7 Å². The van der Waals surface area contributed by atoms with Crippen LogP contribution in [0.5, 0.6) is 0 Å². The fraction of sp³-hybridized carbons (Fsp3) is 0.467. The molecule has 0 radical (unpaired) electrons. The van der Waals surface area contributed by atoms with E-state index in [-0.39, 0.29) is 45.6 Å². The van der Waals surface area contributed by atoms with Crippen LogP contribution in [0.4, 0.5) is 11.4 Å². The average Bonchev–Trinajstić information content (AvgIpc) is 2.91. The van der Waals surface area contributed by atoms with Crippen molar-refractivity contribution in [3.63, 3.8) is 0 Å². The van der Waals surface area contributed by atoms with Gasteiger partial charge in [-0.15, -0.1) is 0 Å². The minimum absolute atomic E-state index is 0.160. The summed E-state index contributed by atoms with van der Waals surface area (Å²) in [5.41, 5.74) is 1.29. The highest BCUT2D eigenvalue weighted by Crippen LogP contribution is 2.35. The van der Waals surface area contributed by atoms with E-state index in [9.17, 15) is 19.2 Å². The number of amides is 2. The van der Waals surface area contributed by atoms with Crippen LogP contribution in [-0.4, -0.2) is 99.6 Å². The minimum atomic E-state index is -0.486. The molecule has 0 heterocycles. The molecule has 2 aromatic carbocycles. The first-order valence-electron chi connectivity index (χ1n) is 13.7. The number of ketones is 2. The van der Waals surface area contributed by atoms with Crippen LogP contribution < -0.4 is 21.3 Å². The third-order valence-electron chi connectivity index (χ3n) is 6.84. The lowest BCUT2D eigenvalue weighted by atomic mass is 9.82. The zero-order chi connectivity index (χ0) is 29.4. The van der Waals surface area contributed by atoms with Gasteiger partial charge in [0.25, 0.3) is 0 Å². The molecule has 2 amide bonds. The first-order valence-corrected chi connectivity index (χ1v) is 13.7. The Hall–Kier alpha value is -3.44. The van der Waals surface area contributed by atoms with Crippen molar-refractivity contribution >= 4 is 34.8 Å². The van der Waals surface area contributed by atoms with E-state index in [0.29, 0.717) is 24.5 Å². The number of anilines is 2. The normalized spacial score (nSPS) is 14.1. The number of rotatable bonds is 14. The van der Waals surface area contributed by atoms with E-state index in [0.717, 1.165) is 25.9 Å². The number of carbonyl (C=O) groups is 4. The van der Waals surface area contributed by atoms with Crippen LogP contribution in [0.15, 0.2) is 36.4 Å². The van der Waals surface area contributed by atoms with Gasteiger partial charge in [-0.3, -0.25) is 19.2 Å². The summed E-state index contributed by atoms with van der Waals surface area (Å²) in [7, 11) is 7.98. The van der Waals surface area contributed by atoms with Crippen LogP contribution in [0.2, 0.25) is 0 Å². The summed E-state index contributed by atoms with van der Waals surface area (Å²) in [5.74, 6) is -1.34. The molecule has 0 fully saturated rings. The topological polar surface area (TPSA) is 123 Å². The fourth-order valence-corrected chi connectivity index (χ4v) is 4.55. The van der Waals surface area contributed by atoms with Crippen LogP contribution >= 0.6 is 0 Å². The van der Waals surface area contributed by atoms with Gasteiger partial charge >= 0.3 is 0 Å². The summed E-state index contributed by atoms with van der Waals surface area (Å²) < 4.78 is 0. The number of nitrogens with one attached hydrogen (secondary N) is 4. The minimum Gasteiger partial charge on any atom is -0.324 e. The molecule has 40 heavy (non-hydrogen) atoms. The van der Waals surface area contributed by atoms with E-state index in [4.69, 9.17) is 0 Å². The maximum atomic E-state index is 13.6. The Morgan fingerprint density at radius 2 is 1.05 bits per heavy atom. The molecule has 1 aliphatic carbocycles. The highest BCUT2D eigenvalue weighted by atomic mass is 16.2. The number of hydrogen-bond acceptors (Lipinski definition) is 8. The van der Waals surface area contributed by atoms with Gasteiger partial charge < -0.3 is 31.1 Å². The molecule has 0 bridgehead atoms. The van der Waals surface area contributed by atoms with Crippen molar-refractivity contribution < 1.29 is 19.2 Å². The number of hydrogen-bond donors (Lipinski definition) is 4. The molecule has 0 aliphatic heterocycles. The summed E-state index contributed by atoms with van der Waals surface area (Å²) in [5, 5.41) is 12.0. The van der Waals surface area contributed by atoms with Crippen LogP contribution in [0.3, 0.4) is 0 Å². The van der Waals surface area contributed by atoms with Crippen LogP contribution in [0.25, 0.3) is 0 Å². The molecule has 10 heteroatoms. The quantitative estimate of drug-likeness (QED) is 0.225. The zero-order valence-corrected chi connectivity index (χ0v) is 24.4. The van der Waals surface area contributed by atoms with E-state index >= 15 is 0 Å². The molecule has 3 rings (SSSR count). The summed E-state index contributed by atoms with van der Waals surface area (Å²) in [6.45, 7) is 6.66. The molecular weight excluding hydrogens is 508 g/mol. The Morgan fingerprint density at radius 1 is 0.675 bits per heavy atom. The van der Waals surface area contributed by atoms with Gasteiger partial charge in [0, 0.05) is 11.1 Å². The first-order chi connectivity index (χ1) is 19.0. The van der Waals surface area contributed by atoms with Crippen LogP contribution in [0, 0.1) is 0 Å². The van der Waals surface area contributed by atoms with Crippen LogP contribution in [-0.2, 0) is 9.59 Å². The Morgan fingerprint density at radius 3 is 1.40 bits per heavy atom. The molecule has 0 saturated heterocycles. The molecular formula is C30H42N6O4. The van der Waals surface area contributed by atoms with Crippen molar-refractivity contribution in [1.29, 1.82) is 0 Å². The van der Waals surface area contributed by atoms with Gasteiger partial charge in [-0.25, -0.2) is 0 Å². The van der Waals surface area contributed by atoms with Crippen LogP contribution in [0.1, 0.15) is 58.5 Å². The van der Waals surface area contributed by atoms with Gasteiger partial charge in [0.05, 0.1) is 34.6 Å². The van der Waals surface area contributed by atoms with Crippen molar-refractivity contribution in [1.82, 2.24) is 20.4 Å². The fourth-order valence-electron chi connectivity index (χ4n) is 4.55.